The second kappa shape index (κ2) is 5.59. The van der Waals surface area contributed by atoms with Crippen LogP contribution >= 0.6 is 22.6 Å². The van der Waals surface area contributed by atoms with Gasteiger partial charge in [0.15, 0.2) is 0 Å². The van der Waals surface area contributed by atoms with Crippen LogP contribution in [-0.4, -0.2) is 23.5 Å². The van der Waals surface area contributed by atoms with Gasteiger partial charge in [-0.2, -0.15) is 0 Å². The molecule has 3 aromatic carbocycles. The molecule has 3 aliphatic rings. The number of rotatable bonds is 0. The zero-order chi connectivity index (χ0) is 20.3. The van der Waals surface area contributed by atoms with Crippen molar-refractivity contribution in [1.82, 2.24) is 3.55 Å². The van der Waals surface area contributed by atoms with E-state index < -0.39 is 0 Å². The second-order valence-electron chi connectivity index (χ2n) is 8.74. The van der Waals surface area contributed by atoms with Gasteiger partial charge in [-0.1, -0.05) is 0 Å². The quantitative estimate of drug-likeness (QED) is 0.104. The first-order chi connectivity index (χ1) is 14.5. The summed E-state index contributed by atoms with van der Waals surface area (Å²) in [5.74, 6) is 0. The van der Waals surface area contributed by atoms with Crippen molar-refractivity contribution in [3.63, 3.8) is 0 Å². The molecule has 0 spiro atoms. The summed E-state index contributed by atoms with van der Waals surface area (Å²) in [5, 5.41) is 6.63. The third-order valence-corrected chi connectivity index (χ3v) is 9.81. The van der Waals surface area contributed by atoms with Crippen LogP contribution in [0.5, 0.6) is 0 Å². The van der Waals surface area contributed by atoms with Crippen LogP contribution in [0, 0.1) is 5.41 Å². The van der Waals surface area contributed by atoms with E-state index in [-0.39, 0.29) is 8.84 Å². The second-order valence-corrected chi connectivity index (χ2v) is 11.0. The minimum atomic E-state index is -0.00375. The van der Waals surface area contributed by atoms with Gasteiger partial charge < -0.3 is 0 Å². The predicted octanol–water partition coefficient (Wildman–Crippen LogP) is 6.98. The van der Waals surface area contributed by atoms with Crippen molar-refractivity contribution in [1.29, 1.82) is 0 Å². The SMILES string of the molecule is CC12C3=Cc4c([n]([Al+])c5c6ccccc6c6ccccc6c45)C=C1C=CC2(I)C=C3. The third-order valence-electron chi connectivity index (χ3n) is 7.48. The van der Waals surface area contributed by atoms with E-state index in [1.165, 1.54) is 54.9 Å². The molecule has 0 bridgehead atoms. The van der Waals surface area contributed by atoms with Gasteiger partial charge in [-0.25, -0.2) is 0 Å². The molecule has 30 heavy (non-hydrogen) atoms. The standard InChI is InChI=1S/C27H17IN.Al/c1-26-16-10-12-27(26,28)13-11-17(26)15-23-22(14-16)24-20-8-4-2-6-18(20)19-7-3-5-9-21(19)25(24)29-23;/h2-15H,1H3;/q-1;+2. The number of halogens is 1. The van der Waals surface area contributed by atoms with Gasteiger partial charge in [0.2, 0.25) is 0 Å². The Morgan fingerprint density at radius 3 is 2.07 bits per heavy atom. The molecule has 1 nitrogen and oxygen atoms in total. The maximum absolute atomic E-state index is 3.00. The number of allylic oxidation sites excluding steroid dienone is 6. The molecule has 4 aromatic rings. The molecule has 1 heterocycles. The van der Waals surface area contributed by atoms with Gasteiger partial charge in [-0.05, 0) is 0 Å². The van der Waals surface area contributed by atoms with Gasteiger partial charge in [0.25, 0.3) is 0 Å². The predicted molar refractivity (Wildman–Crippen MR) is 137 cm³/mol. The van der Waals surface area contributed by atoms with E-state index in [2.05, 4.69) is 135 Å². The van der Waals surface area contributed by atoms with Crippen molar-refractivity contribution in [3.8, 4) is 0 Å². The molecule has 0 fully saturated rings. The van der Waals surface area contributed by atoms with Crippen molar-refractivity contribution in [2.75, 3.05) is 0 Å². The fourth-order valence-electron chi connectivity index (χ4n) is 5.76. The van der Waals surface area contributed by atoms with Gasteiger partial charge in [0, 0.05) is 0 Å². The normalized spacial score (nSPS) is 26.2. The molecule has 7 rings (SSSR count). The van der Waals surface area contributed by atoms with Crippen LogP contribution in [-0.2, 0) is 0 Å². The summed E-state index contributed by atoms with van der Waals surface area (Å²) in [4.78, 5) is 0. The molecule has 2 atom stereocenters. The summed E-state index contributed by atoms with van der Waals surface area (Å²) < 4.78 is 2.36. The number of hydrogen-bond donors (Lipinski definition) is 0. The van der Waals surface area contributed by atoms with E-state index in [1.807, 2.05) is 0 Å². The van der Waals surface area contributed by atoms with Crippen LogP contribution in [0.25, 0.3) is 44.6 Å². The van der Waals surface area contributed by atoms with Gasteiger partial charge in [0.1, 0.15) is 0 Å². The van der Waals surface area contributed by atoms with E-state index >= 15 is 0 Å². The van der Waals surface area contributed by atoms with E-state index in [4.69, 9.17) is 0 Å². The van der Waals surface area contributed by atoms with Crippen molar-refractivity contribution in [2.45, 2.75) is 10.3 Å². The Balaban J connectivity index is 1.74. The zero-order valence-electron chi connectivity index (χ0n) is 16.5. The maximum atomic E-state index is 3.00. The van der Waals surface area contributed by atoms with Gasteiger partial charge in [-0.3, -0.25) is 0 Å². The summed E-state index contributed by atoms with van der Waals surface area (Å²) in [7, 11) is 0. The summed E-state index contributed by atoms with van der Waals surface area (Å²) in [6, 6.07) is 17.7. The molecular formula is C27H17AlIN+. The molecule has 3 aliphatic carbocycles. The zero-order valence-corrected chi connectivity index (χ0v) is 19.8. The summed E-state index contributed by atoms with van der Waals surface area (Å²) >= 11 is 5.62. The first-order valence-corrected chi connectivity index (χ1v) is 11.9. The van der Waals surface area contributed by atoms with Crippen molar-refractivity contribution in [2.24, 2.45) is 5.41 Å². The van der Waals surface area contributed by atoms with Crippen LogP contribution in [0.4, 0.5) is 0 Å². The Kier molecular flexibility index (Phi) is 3.28. The van der Waals surface area contributed by atoms with Crippen LogP contribution in [0.2, 0.25) is 0 Å². The Morgan fingerprint density at radius 2 is 1.37 bits per heavy atom. The third kappa shape index (κ3) is 1.87. The summed E-state index contributed by atoms with van der Waals surface area (Å²) in [6.45, 7) is 2.39. The van der Waals surface area contributed by atoms with Crippen LogP contribution in [0.3, 0.4) is 0 Å². The molecule has 0 amide bonds. The summed E-state index contributed by atoms with van der Waals surface area (Å²) in [5.41, 5.74) is 6.69. The molecule has 2 unspecified atom stereocenters. The topological polar surface area (TPSA) is 4.93 Å². The first-order valence-electron chi connectivity index (χ1n) is 10.3. The van der Waals surface area contributed by atoms with E-state index in [0.29, 0.717) is 0 Å². The monoisotopic (exact) mass is 509 g/mol. The van der Waals surface area contributed by atoms with Crippen LogP contribution in [0.15, 0.2) is 84.0 Å². The molecule has 1 radical (unpaired) electrons. The Hall–Kier alpha value is -2.06. The molecule has 1 aromatic heterocycles. The fourth-order valence-corrected chi connectivity index (χ4v) is 7.22. The van der Waals surface area contributed by atoms with Gasteiger partial charge >= 0.3 is 198 Å². The first kappa shape index (κ1) is 17.6. The molecule has 0 saturated heterocycles. The average molecular weight is 509 g/mol. The number of hydrogen-bond acceptors (Lipinski definition) is 0. The average Bonchev–Trinajstić information content (AvgIpc) is 3.23. The van der Waals surface area contributed by atoms with Crippen LogP contribution in [0.1, 0.15) is 18.2 Å². The molecule has 0 aliphatic heterocycles. The minimum absolute atomic E-state index is 0.00375. The van der Waals surface area contributed by atoms with E-state index in [9.17, 15) is 0 Å². The molecular weight excluding hydrogens is 492 g/mol. The van der Waals surface area contributed by atoms with Crippen molar-refractivity contribution in [3.05, 3.63) is 95.2 Å². The molecule has 0 N–H and O–H groups in total. The molecule has 3 heteroatoms. The van der Waals surface area contributed by atoms with E-state index in [1.54, 1.807) is 0 Å². The Labute approximate surface area is 197 Å². The molecule has 0 saturated carbocycles. The number of alkyl halides is 1. The number of nitrogens with zero attached hydrogens (tertiary/aromatic N) is 1. The number of aromatic nitrogens is 1. The van der Waals surface area contributed by atoms with Gasteiger partial charge in [0.05, 0.1) is 0 Å². The van der Waals surface area contributed by atoms with Crippen molar-refractivity contribution >= 4 is 83.7 Å². The van der Waals surface area contributed by atoms with Crippen molar-refractivity contribution < 1.29 is 0 Å². The number of benzene rings is 3. The van der Waals surface area contributed by atoms with E-state index in [0.717, 1.165) is 0 Å². The fraction of sp³-hybridized carbons (Fsp3) is 0.111. The summed E-state index contributed by atoms with van der Waals surface area (Å²) in [6.07, 6.45) is 14.3. The number of fused-ring (bicyclic) bond motifs is 8. The van der Waals surface area contributed by atoms with Crippen LogP contribution < -0.4 is 0 Å². The van der Waals surface area contributed by atoms with Gasteiger partial charge in [-0.15, -0.1) is 0 Å². The Bertz CT molecular complexity index is 1580. The molecule has 139 valence electrons. The Morgan fingerprint density at radius 1 is 0.800 bits per heavy atom.